The fourth-order valence-electron chi connectivity index (χ4n) is 3.75. The molecule has 2 heterocycles. The van der Waals surface area contributed by atoms with E-state index in [1.807, 2.05) is 24.3 Å². The van der Waals surface area contributed by atoms with E-state index >= 15 is 0 Å². The Labute approximate surface area is 134 Å². The minimum Gasteiger partial charge on any atom is -0.378 e. The highest BCUT2D eigenvalue weighted by molar-refractivity contribution is 5.57. The lowest BCUT2D eigenvalue weighted by atomic mass is 9.77. The van der Waals surface area contributed by atoms with Crippen molar-refractivity contribution in [2.45, 2.75) is 25.0 Å². The summed E-state index contributed by atoms with van der Waals surface area (Å²) in [7, 11) is 0. The molecule has 0 aliphatic carbocycles. The molecular weight excluding hydrogens is 292 g/mol. The number of anilines is 1. The minimum absolute atomic E-state index is 0.0985. The van der Waals surface area contributed by atoms with Crippen molar-refractivity contribution in [1.82, 2.24) is 0 Å². The van der Waals surface area contributed by atoms with E-state index in [-0.39, 0.29) is 22.8 Å². The van der Waals surface area contributed by atoms with Crippen LogP contribution in [0.1, 0.15) is 36.1 Å². The number of rotatable bonds is 2. The molecule has 2 aliphatic heterocycles. The van der Waals surface area contributed by atoms with E-state index < -0.39 is 0 Å². The van der Waals surface area contributed by atoms with Crippen molar-refractivity contribution in [3.05, 3.63) is 69.8 Å². The molecule has 4 rings (SSSR count). The molecule has 0 saturated carbocycles. The van der Waals surface area contributed by atoms with Gasteiger partial charge >= 0.3 is 0 Å². The van der Waals surface area contributed by atoms with Crippen LogP contribution in [0.2, 0.25) is 0 Å². The molecule has 3 atom stereocenters. The molecule has 2 aromatic carbocycles. The molecule has 2 aliphatic rings. The van der Waals surface area contributed by atoms with Crippen LogP contribution in [0.5, 0.6) is 0 Å². The third kappa shape index (κ3) is 2.47. The van der Waals surface area contributed by atoms with Gasteiger partial charge in [-0.3, -0.25) is 10.1 Å². The molecule has 5 nitrogen and oxygen atoms in total. The zero-order chi connectivity index (χ0) is 15.8. The Kier molecular flexibility index (Phi) is 3.50. The first-order valence-corrected chi connectivity index (χ1v) is 7.95. The van der Waals surface area contributed by atoms with E-state index in [0.29, 0.717) is 5.92 Å². The van der Waals surface area contributed by atoms with Crippen molar-refractivity contribution in [2.75, 3.05) is 11.9 Å². The fraction of sp³-hybridized carbons (Fsp3) is 0.333. The lowest BCUT2D eigenvalue weighted by molar-refractivity contribution is -0.384. The lowest BCUT2D eigenvalue weighted by Gasteiger charge is -2.43. The molecule has 0 radical (unpaired) electrons. The number of nitrogens with zero attached hydrogens (tertiary/aromatic N) is 1. The number of para-hydroxylation sites is 1. The molecule has 0 spiro atoms. The number of hydrogen-bond acceptors (Lipinski definition) is 4. The van der Waals surface area contributed by atoms with Gasteiger partial charge in [-0.1, -0.05) is 30.3 Å². The van der Waals surface area contributed by atoms with Gasteiger partial charge in [0.1, 0.15) is 0 Å². The van der Waals surface area contributed by atoms with E-state index in [1.54, 1.807) is 12.1 Å². The molecular formula is C18H18N2O3. The molecule has 0 amide bonds. The van der Waals surface area contributed by atoms with Gasteiger partial charge < -0.3 is 10.1 Å². The number of ether oxygens (including phenoxy) is 1. The first-order chi connectivity index (χ1) is 11.2. The van der Waals surface area contributed by atoms with Gasteiger partial charge in [-0.15, -0.1) is 0 Å². The topological polar surface area (TPSA) is 64.4 Å². The Balaban J connectivity index is 1.72. The van der Waals surface area contributed by atoms with Crippen molar-refractivity contribution in [1.29, 1.82) is 0 Å². The number of nitro groups is 1. The van der Waals surface area contributed by atoms with Gasteiger partial charge in [0.05, 0.1) is 17.1 Å². The predicted octanol–water partition coefficient (Wildman–Crippen LogP) is 4.23. The second-order valence-electron chi connectivity index (χ2n) is 6.16. The summed E-state index contributed by atoms with van der Waals surface area (Å²) < 4.78 is 6.07. The number of benzene rings is 2. The van der Waals surface area contributed by atoms with E-state index in [9.17, 15) is 10.1 Å². The average molecular weight is 310 g/mol. The summed E-state index contributed by atoms with van der Waals surface area (Å²) in [5.41, 5.74) is 3.52. The maximum Gasteiger partial charge on any atom is 0.269 e. The number of nitro benzene ring substituents is 1. The smallest absolute Gasteiger partial charge is 0.269 e. The van der Waals surface area contributed by atoms with Gasteiger partial charge in [-0.25, -0.2) is 0 Å². The summed E-state index contributed by atoms with van der Waals surface area (Å²) in [5, 5.41) is 14.5. The monoisotopic (exact) mass is 310 g/mol. The standard InChI is InChI=1S/C18H18N2O3/c21-20(22)13-9-7-12(8-10-13)17-15-5-3-11-23-18(15)14-4-1-2-6-16(14)19-17/h1-2,4,6-10,15,17-19H,3,5,11H2/t15-,17-,18+/m1/s1. The molecule has 1 fully saturated rings. The Bertz CT molecular complexity index is 729. The van der Waals surface area contributed by atoms with E-state index in [0.717, 1.165) is 30.7 Å². The maximum atomic E-state index is 10.9. The number of fused-ring (bicyclic) bond motifs is 3. The van der Waals surface area contributed by atoms with Gasteiger partial charge in [0.15, 0.2) is 0 Å². The first kappa shape index (κ1) is 14.2. The fourth-order valence-corrected chi connectivity index (χ4v) is 3.75. The van der Waals surface area contributed by atoms with Crippen LogP contribution in [0.4, 0.5) is 11.4 Å². The van der Waals surface area contributed by atoms with Crippen molar-refractivity contribution in [2.24, 2.45) is 5.92 Å². The van der Waals surface area contributed by atoms with Crippen LogP contribution in [0, 0.1) is 16.0 Å². The highest BCUT2D eigenvalue weighted by atomic mass is 16.6. The third-order valence-corrected chi connectivity index (χ3v) is 4.84. The molecule has 23 heavy (non-hydrogen) atoms. The lowest BCUT2D eigenvalue weighted by Crippen LogP contribution is -2.35. The largest absolute Gasteiger partial charge is 0.378 e. The Morgan fingerprint density at radius 1 is 1.13 bits per heavy atom. The number of nitrogens with one attached hydrogen (secondary N) is 1. The summed E-state index contributed by atoms with van der Waals surface area (Å²) in [6, 6.07) is 15.2. The second-order valence-corrected chi connectivity index (χ2v) is 6.16. The second kappa shape index (κ2) is 5.66. The maximum absolute atomic E-state index is 10.9. The molecule has 0 bridgehead atoms. The Hall–Kier alpha value is -2.40. The molecule has 0 aromatic heterocycles. The van der Waals surface area contributed by atoms with Crippen LogP contribution >= 0.6 is 0 Å². The predicted molar refractivity (Wildman–Crippen MR) is 87.3 cm³/mol. The molecule has 2 aromatic rings. The van der Waals surface area contributed by atoms with E-state index in [4.69, 9.17) is 4.74 Å². The molecule has 1 saturated heterocycles. The first-order valence-electron chi connectivity index (χ1n) is 7.95. The molecule has 0 unspecified atom stereocenters. The van der Waals surface area contributed by atoms with Gasteiger partial charge in [0.2, 0.25) is 0 Å². The van der Waals surface area contributed by atoms with Crippen LogP contribution in [0.25, 0.3) is 0 Å². The number of non-ortho nitro benzene ring substituents is 1. The zero-order valence-corrected chi connectivity index (χ0v) is 12.6. The molecule has 5 heteroatoms. The molecule has 118 valence electrons. The van der Waals surface area contributed by atoms with Crippen molar-refractivity contribution in [3.8, 4) is 0 Å². The van der Waals surface area contributed by atoms with Crippen LogP contribution in [-0.4, -0.2) is 11.5 Å². The highest BCUT2D eigenvalue weighted by Crippen LogP contribution is 2.48. The SMILES string of the molecule is O=[N+]([O-])c1ccc([C@H]2Nc3ccccc3[C@@H]3OCCC[C@H]23)cc1. The van der Waals surface area contributed by atoms with Gasteiger partial charge in [0, 0.05) is 35.9 Å². The van der Waals surface area contributed by atoms with E-state index in [1.165, 1.54) is 5.56 Å². The Morgan fingerprint density at radius 3 is 2.70 bits per heavy atom. The highest BCUT2D eigenvalue weighted by Gasteiger charge is 2.39. The van der Waals surface area contributed by atoms with Gasteiger partial charge in [-0.05, 0) is 24.5 Å². The average Bonchev–Trinajstić information content (AvgIpc) is 2.61. The molecule has 1 N–H and O–H groups in total. The quantitative estimate of drug-likeness (QED) is 0.666. The summed E-state index contributed by atoms with van der Waals surface area (Å²) in [6.07, 6.45) is 2.24. The van der Waals surface area contributed by atoms with Crippen LogP contribution in [-0.2, 0) is 4.74 Å². The van der Waals surface area contributed by atoms with Crippen molar-refractivity contribution < 1.29 is 9.66 Å². The summed E-state index contributed by atoms with van der Waals surface area (Å²) in [6.45, 7) is 0.794. The summed E-state index contributed by atoms with van der Waals surface area (Å²) >= 11 is 0. The minimum atomic E-state index is -0.361. The summed E-state index contributed by atoms with van der Waals surface area (Å²) in [4.78, 5) is 10.5. The van der Waals surface area contributed by atoms with Gasteiger partial charge in [0.25, 0.3) is 5.69 Å². The normalized spacial score (nSPS) is 25.8. The van der Waals surface area contributed by atoms with Crippen molar-refractivity contribution in [3.63, 3.8) is 0 Å². The van der Waals surface area contributed by atoms with Gasteiger partial charge in [-0.2, -0.15) is 0 Å². The summed E-state index contributed by atoms with van der Waals surface area (Å²) in [5.74, 6) is 0.347. The van der Waals surface area contributed by atoms with Crippen LogP contribution in [0.15, 0.2) is 48.5 Å². The Morgan fingerprint density at radius 2 is 1.91 bits per heavy atom. The van der Waals surface area contributed by atoms with Crippen molar-refractivity contribution >= 4 is 11.4 Å². The third-order valence-electron chi connectivity index (χ3n) is 4.84. The zero-order valence-electron chi connectivity index (χ0n) is 12.6. The van der Waals surface area contributed by atoms with Crippen LogP contribution in [0.3, 0.4) is 0 Å². The number of hydrogen-bond donors (Lipinski definition) is 1. The van der Waals surface area contributed by atoms with Crippen LogP contribution < -0.4 is 5.32 Å². The van der Waals surface area contributed by atoms with E-state index in [2.05, 4.69) is 17.4 Å².